The van der Waals surface area contributed by atoms with E-state index < -0.39 is 45.9 Å². The number of pyridine rings is 1. The molecule has 3 aromatic rings. The van der Waals surface area contributed by atoms with E-state index >= 15 is 0 Å². The third kappa shape index (κ3) is 6.88. The largest absolute Gasteiger partial charge is 0.366 e. The van der Waals surface area contributed by atoms with Crippen LogP contribution in [-0.2, 0) is 26.3 Å². The lowest BCUT2D eigenvalue weighted by atomic mass is 9.76. The number of primary amides is 1. The van der Waals surface area contributed by atoms with Crippen molar-refractivity contribution in [1.82, 2.24) is 20.1 Å². The fourth-order valence-corrected chi connectivity index (χ4v) is 6.92. The molecule has 226 valence electrons. The summed E-state index contributed by atoms with van der Waals surface area (Å²) in [5, 5.41) is 0.492. The van der Waals surface area contributed by atoms with Crippen LogP contribution in [0.1, 0.15) is 75.2 Å². The molecule has 0 spiro atoms. The van der Waals surface area contributed by atoms with Gasteiger partial charge in [-0.15, -0.1) is 0 Å². The molecule has 43 heavy (non-hydrogen) atoms. The summed E-state index contributed by atoms with van der Waals surface area (Å²) in [6, 6.07) is 15.1. The van der Waals surface area contributed by atoms with Crippen LogP contribution >= 0.6 is 11.6 Å². The first kappa shape index (κ1) is 30.6. The minimum atomic E-state index is -3.57. The van der Waals surface area contributed by atoms with Crippen molar-refractivity contribution in [3.05, 3.63) is 99.8 Å². The van der Waals surface area contributed by atoms with Crippen molar-refractivity contribution in [3.8, 4) is 0 Å². The van der Waals surface area contributed by atoms with Gasteiger partial charge >= 0.3 is 0 Å². The number of sulfonamides is 1. The SMILES string of the molecule is CS(=O)(=O)N[C@H]1CCCCC1N1C(=O)c2ccccc2[C@@H](C(=O)NOCc2ccc(C(N)=O)cn2)[C@@H]1c1ccc(Cl)cc1. The summed E-state index contributed by atoms with van der Waals surface area (Å²) in [6.45, 7) is -0.0869. The lowest BCUT2D eigenvalue weighted by Gasteiger charge is -2.49. The predicted molar refractivity (Wildman–Crippen MR) is 159 cm³/mol. The number of carbonyl (C=O) groups excluding carboxylic acids is 3. The van der Waals surface area contributed by atoms with Crippen LogP contribution in [0.15, 0.2) is 66.9 Å². The Hall–Kier alpha value is -3.84. The third-order valence-corrected chi connectivity index (χ3v) is 8.81. The molecule has 0 bridgehead atoms. The molecule has 2 heterocycles. The van der Waals surface area contributed by atoms with Gasteiger partial charge in [-0.05, 0) is 54.3 Å². The van der Waals surface area contributed by atoms with Crippen LogP contribution in [0.2, 0.25) is 5.02 Å². The Morgan fingerprint density at radius 3 is 2.47 bits per heavy atom. The molecular weight excluding hydrogens is 594 g/mol. The lowest BCUT2D eigenvalue weighted by Crippen LogP contribution is -2.59. The first-order chi connectivity index (χ1) is 20.5. The fraction of sp³-hybridized carbons (Fsp3) is 0.333. The quantitative estimate of drug-likeness (QED) is 0.308. The normalized spacial score (nSPS) is 22.1. The number of nitrogens with zero attached hydrogens (tertiary/aromatic N) is 2. The molecule has 0 radical (unpaired) electrons. The Morgan fingerprint density at radius 1 is 1.07 bits per heavy atom. The highest BCUT2D eigenvalue weighted by Crippen LogP contribution is 2.46. The van der Waals surface area contributed by atoms with E-state index in [0.717, 1.165) is 19.1 Å². The van der Waals surface area contributed by atoms with Gasteiger partial charge < -0.3 is 10.6 Å². The van der Waals surface area contributed by atoms with Crippen molar-refractivity contribution in [1.29, 1.82) is 0 Å². The number of nitrogens with one attached hydrogen (secondary N) is 2. The Labute approximate surface area is 254 Å². The van der Waals surface area contributed by atoms with Crippen molar-refractivity contribution in [3.63, 3.8) is 0 Å². The highest BCUT2D eigenvalue weighted by atomic mass is 35.5. The number of hydrogen-bond donors (Lipinski definition) is 3. The van der Waals surface area contributed by atoms with Gasteiger partial charge in [0, 0.05) is 28.9 Å². The molecule has 1 fully saturated rings. The van der Waals surface area contributed by atoms with E-state index in [1.165, 1.54) is 12.3 Å². The number of amides is 3. The van der Waals surface area contributed by atoms with Gasteiger partial charge in [-0.25, -0.2) is 18.6 Å². The second kappa shape index (κ2) is 12.8. The zero-order valence-corrected chi connectivity index (χ0v) is 25.0. The molecular formula is C30H32ClN5O6S. The maximum absolute atomic E-state index is 14.2. The molecule has 11 nitrogen and oxygen atoms in total. The minimum Gasteiger partial charge on any atom is -0.366 e. The van der Waals surface area contributed by atoms with Gasteiger partial charge in [-0.1, -0.05) is 54.8 Å². The summed E-state index contributed by atoms with van der Waals surface area (Å²) in [7, 11) is -3.57. The van der Waals surface area contributed by atoms with E-state index in [-0.39, 0.29) is 18.1 Å². The van der Waals surface area contributed by atoms with E-state index in [1.807, 2.05) is 0 Å². The smallest absolute Gasteiger partial charge is 0.255 e. The number of hydrogen-bond acceptors (Lipinski definition) is 7. The standard InChI is InChI=1S/C30H32ClN5O6S/c1-43(40,41)35-24-8-4-5-9-25(24)36-27(18-10-13-20(31)14-11-18)26(22-6-2-3-7-23(22)30(36)39)29(38)34-42-17-21-15-12-19(16-33-21)28(32)37/h2-3,6-7,10-16,24-27,35H,4-5,8-9,17H2,1H3,(H2,32,37)(H,34,38)/t24-,25?,26+,27-/m0/s1. The van der Waals surface area contributed by atoms with Gasteiger partial charge in [0.2, 0.25) is 15.9 Å². The molecule has 5 rings (SSSR count). The van der Waals surface area contributed by atoms with E-state index in [1.54, 1.807) is 59.5 Å². The summed E-state index contributed by atoms with van der Waals surface area (Å²) in [5.41, 5.74) is 10.1. The Kier molecular flexibility index (Phi) is 9.11. The monoisotopic (exact) mass is 625 g/mol. The number of nitrogens with two attached hydrogens (primary N) is 1. The summed E-state index contributed by atoms with van der Waals surface area (Å²) in [6.07, 6.45) is 5.14. The Morgan fingerprint density at radius 2 is 1.79 bits per heavy atom. The molecule has 1 unspecified atom stereocenters. The Bertz CT molecular complexity index is 1620. The van der Waals surface area contributed by atoms with Gasteiger partial charge in [-0.3, -0.25) is 24.2 Å². The Balaban J connectivity index is 1.52. The molecule has 1 aliphatic heterocycles. The maximum Gasteiger partial charge on any atom is 0.255 e. The number of fused-ring (bicyclic) bond motifs is 1. The molecule has 1 aliphatic carbocycles. The molecule has 0 saturated heterocycles. The summed E-state index contributed by atoms with van der Waals surface area (Å²) >= 11 is 6.21. The zero-order chi connectivity index (χ0) is 30.7. The maximum atomic E-state index is 14.2. The molecule has 1 saturated carbocycles. The predicted octanol–water partition coefficient (Wildman–Crippen LogP) is 3.22. The van der Waals surface area contributed by atoms with Crippen molar-refractivity contribution in [2.45, 2.75) is 56.3 Å². The van der Waals surface area contributed by atoms with E-state index in [2.05, 4.69) is 15.2 Å². The van der Waals surface area contributed by atoms with E-state index in [0.29, 0.717) is 40.2 Å². The number of hydroxylamine groups is 1. The first-order valence-corrected chi connectivity index (χ1v) is 16.1. The van der Waals surface area contributed by atoms with Gasteiger partial charge in [0.1, 0.15) is 6.61 Å². The lowest BCUT2D eigenvalue weighted by molar-refractivity contribution is -0.138. The molecule has 4 N–H and O–H groups in total. The first-order valence-electron chi connectivity index (χ1n) is 13.8. The van der Waals surface area contributed by atoms with Crippen LogP contribution in [0.4, 0.5) is 0 Å². The van der Waals surface area contributed by atoms with Crippen LogP contribution in [0.5, 0.6) is 0 Å². The number of carbonyl (C=O) groups is 3. The molecule has 2 aromatic carbocycles. The van der Waals surface area contributed by atoms with E-state index in [9.17, 15) is 22.8 Å². The molecule has 3 amide bonds. The zero-order valence-electron chi connectivity index (χ0n) is 23.4. The van der Waals surface area contributed by atoms with Crippen molar-refractivity contribution in [2.75, 3.05) is 6.26 Å². The van der Waals surface area contributed by atoms with Gasteiger partial charge in [0.05, 0.1) is 29.5 Å². The van der Waals surface area contributed by atoms with Gasteiger partial charge in [0.25, 0.3) is 11.8 Å². The number of halogens is 1. The highest BCUT2D eigenvalue weighted by Gasteiger charge is 2.49. The fourth-order valence-electron chi connectivity index (χ4n) is 5.97. The summed E-state index contributed by atoms with van der Waals surface area (Å²) in [4.78, 5) is 50.9. The van der Waals surface area contributed by atoms with E-state index in [4.69, 9.17) is 22.2 Å². The van der Waals surface area contributed by atoms with Crippen LogP contribution in [0, 0.1) is 0 Å². The minimum absolute atomic E-state index is 0.0869. The topological polar surface area (TPSA) is 161 Å². The van der Waals surface area contributed by atoms with Crippen LogP contribution in [0.25, 0.3) is 0 Å². The average molecular weight is 626 g/mol. The number of rotatable bonds is 9. The molecule has 1 aromatic heterocycles. The van der Waals surface area contributed by atoms with Crippen molar-refractivity contribution in [2.24, 2.45) is 5.73 Å². The molecule has 2 aliphatic rings. The average Bonchev–Trinajstić information content (AvgIpc) is 2.97. The second-order valence-electron chi connectivity index (χ2n) is 10.8. The second-order valence-corrected chi connectivity index (χ2v) is 13.0. The molecule has 4 atom stereocenters. The summed E-state index contributed by atoms with van der Waals surface area (Å²) in [5.74, 6) is -2.29. The van der Waals surface area contributed by atoms with Crippen LogP contribution < -0.4 is 15.9 Å². The third-order valence-electron chi connectivity index (χ3n) is 7.82. The number of aromatic nitrogens is 1. The van der Waals surface area contributed by atoms with Gasteiger partial charge in [-0.2, -0.15) is 0 Å². The number of benzene rings is 2. The summed E-state index contributed by atoms with van der Waals surface area (Å²) < 4.78 is 27.4. The van der Waals surface area contributed by atoms with Gasteiger partial charge in [0.15, 0.2) is 0 Å². The van der Waals surface area contributed by atoms with Crippen molar-refractivity contribution < 1.29 is 27.6 Å². The van der Waals surface area contributed by atoms with Crippen LogP contribution in [0.3, 0.4) is 0 Å². The molecule has 13 heteroatoms. The van der Waals surface area contributed by atoms with Crippen molar-refractivity contribution >= 4 is 39.3 Å². The highest BCUT2D eigenvalue weighted by molar-refractivity contribution is 7.88. The van der Waals surface area contributed by atoms with Crippen LogP contribution in [-0.4, -0.2) is 54.4 Å².